The van der Waals surface area contributed by atoms with Crippen LogP contribution < -0.4 is 10.6 Å². The van der Waals surface area contributed by atoms with Gasteiger partial charge in [0.25, 0.3) is 0 Å². The highest BCUT2D eigenvalue weighted by atomic mass is 32.1. The molecule has 3 aromatic carbocycles. The lowest BCUT2D eigenvalue weighted by Crippen LogP contribution is -2.33. The molecule has 0 aliphatic heterocycles. The summed E-state index contributed by atoms with van der Waals surface area (Å²) in [4.78, 5) is 29.1. The Balaban J connectivity index is 1.37. The van der Waals surface area contributed by atoms with Crippen molar-refractivity contribution in [2.24, 2.45) is 0 Å². The number of anilines is 1. The van der Waals surface area contributed by atoms with E-state index in [1.165, 1.54) is 11.3 Å². The van der Waals surface area contributed by atoms with Crippen LogP contribution in [0.1, 0.15) is 16.7 Å². The normalized spacial score (nSPS) is 11.0. The Labute approximate surface area is 172 Å². The second-order valence-electron chi connectivity index (χ2n) is 7.09. The summed E-state index contributed by atoms with van der Waals surface area (Å²) in [6, 6.07) is 18.0. The zero-order chi connectivity index (χ0) is 20.4. The number of nitrogens with zero attached hydrogens (tertiary/aromatic N) is 1. The van der Waals surface area contributed by atoms with Gasteiger partial charge in [-0.25, -0.2) is 4.98 Å². The van der Waals surface area contributed by atoms with Crippen molar-refractivity contribution in [1.82, 2.24) is 10.3 Å². The van der Waals surface area contributed by atoms with E-state index in [0.717, 1.165) is 37.7 Å². The van der Waals surface area contributed by atoms with Crippen LogP contribution in [0.25, 0.3) is 21.0 Å². The molecular formula is C23H21N3O2S. The first-order valence-electron chi connectivity index (χ1n) is 9.40. The molecule has 146 valence electrons. The van der Waals surface area contributed by atoms with E-state index in [0.29, 0.717) is 5.13 Å². The van der Waals surface area contributed by atoms with Gasteiger partial charge in [-0.2, -0.15) is 0 Å². The van der Waals surface area contributed by atoms with Crippen molar-refractivity contribution >= 4 is 49.3 Å². The summed E-state index contributed by atoms with van der Waals surface area (Å²) in [5, 5.41) is 8.17. The van der Waals surface area contributed by atoms with Gasteiger partial charge in [-0.3, -0.25) is 9.59 Å². The lowest BCUT2D eigenvalue weighted by Gasteiger charge is -2.08. The number of carbonyl (C=O) groups excluding carboxylic acids is 2. The van der Waals surface area contributed by atoms with Crippen LogP contribution in [0, 0.1) is 13.8 Å². The Morgan fingerprint density at radius 3 is 2.66 bits per heavy atom. The first kappa shape index (κ1) is 19.1. The first-order valence-corrected chi connectivity index (χ1v) is 10.2. The number of benzene rings is 3. The minimum absolute atomic E-state index is 0.0858. The van der Waals surface area contributed by atoms with E-state index in [-0.39, 0.29) is 24.8 Å². The largest absolute Gasteiger partial charge is 0.347 e. The van der Waals surface area contributed by atoms with Crippen LogP contribution in [-0.2, 0) is 16.0 Å². The van der Waals surface area contributed by atoms with Crippen LogP contribution >= 0.6 is 11.3 Å². The third kappa shape index (κ3) is 4.27. The van der Waals surface area contributed by atoms with Crippen molar-refractivity contribution < 1.29 is 9.59 Å². The monoisotopic (exact) mass is 403 g/mol. The van der Waals surface area contributed by atoms with E-state index in [9.17, 15) is 9.59 Å². The van der Waals surface area contributed by atoms with E-state index >= 15 is 0 Å². The average molecular weight is 404 g/mol. The van der Waals surface area contributed by atoms with Gasteiger partial charge in [0.1, 0.15) is 0 Å². The van der Waals surface area contributed by atoms with Gasteiger partial charge >= 0.3 is 0 Å². The van der Waals surface area contributed by atoms with Crippen molar-refractivity contribution in [3.8, 4) is 0 Å². The molecule has 0 saturated carbocycles. The van der Waals surface area contributed by atoms with Crippen LogP contribution in [-0.4, -0.2) is 23.3 Å². The number of hydrogen-bond donors (Lipinski definition) is 2. The van der Waals surface area contributed by atoms with Crippen LogP contribution in [0.2, 0.25) is 0 Å². The van der Waals surface area contributed by atoms with E-state index in [1.807, 2.05) is 56.3 Å². The minimum atomic E-state index is -0.287. The average Bonchev–Trinajstić information content (AvgIpc) is 3.09. The lowest BCUT2D eigenvalue weighted by molar-refractivity contribution is -0.123. The Kier molecular flexibility index (Phi) is 5.27. The molecule has 2 amide bonds. The van der Waals surface area contributed by atoms with Crippen LogP contribution in [0.5, 0.6) is 0 Å². The van der Waals surface area contributed by atoms with Crippen molar-refractivity contribution in [2.75, 3.05) is 11.9 Å². The van der Waals surface area contributed by atoms with E-state index in [4.69, 9.17) is 0 Å². The van der Waals surface area contributed by atoms with Crippen LogP contribution in [0.15, 0.2) is 54.6 Å². The summed E-state index contributed by atoms with van der Waals surface area (Å²) >= 11 is 1.44. The van der Waals surface area contributed by atoms with Crippen LogP contribution in [0.4, 0.5) is 5.13 Å². The van der Waals surface area contributed by atoms with Crippen molar-refractivity contribution in [1.29, 1.82) is 0 Å². The molecule has 29 heavy (non-hydrogen) atoms. The molecule has 0 atom stereocenters. The minimum Gasteiger partial charge on any atom is -0.347 e. The molecule has 6 heteroatoms. The zero-order valence-electron chi connectivity index (χ0n) is 16.3. The number of amides is 2. The molecule has 5 nitrogen and oxygen atoms in total. The number of carbonyl (C=O) groups is 2. The van der Waals surface area contributed by atoms with E-state index in [2.05, 4.69) is 27.8 Å². The summed E-state index contributed by atoms with van der Waals surface area (Å²) < 4.78 is 1.04. The maximum Gasteiger partial charge on any atom is 0.245 e. The molecule has 0 aliphatic carbocycles. The number of aromatic nitrogens is 1. The summed E-state index contributed by atoms with van der Waals surface area (Å²) in [5.41, 5.74) is 4.09. The molecule has 2 N–H and O–H groups in total. The van der Waals surface area contributed by atoms with E-state index in [1.54, 1.807) is 0 Å². The third-order valence-electron chi connectivity index (χ3n) is 4.75. The van der Waals surface area contributed by atoms with Crippen molar-refractivity contribution in [3.05, 3.63) is 71.3 Å². The summed E-state index contributed by atoms with van der Waals surface area (Å²) in [5.74, 6) is -0.475. The van der Waals surface area contributed by atoms with Gasteiger partial charge < -0.3 is 10.6 Å². The number of hydrogen-bond acceptors (Lipinski definition) is 4. The molecule has 0 bridgehead atoms. The number of rotatable bonds is 5. The molecular weight excluding hydrogens is 382 g/mol. The third-order valence-corrected chi connectivity index (χ3v) is 5.67. The molecule has 0 radical (unpaired) electrons. The molecule has 1 heterocycles. The fraction of sp³-hybridized carbons (Fsp3) is 0.174. The molecule has 4 rings (SSSR count). The highest BCUT2D eigenvalue weighted by molar-refractivity contribution is 7.22. The highest BCUT2D eigenvalue weighted by Gasteiger charge is 2.12. The Hall–Kier alpha value is -3.25. The maximum atomic E-state index is 12.3. The molecule has 0 fully saturated rings. The number of thiazole rings is 1. The number of aryl methyl sites for hydroxylation is 2. The smallest absolute Gasteiger partial charge is 0.245 e. The van der Waals surface area contributed by atoms with E-state index < -0.39 is 0 Å². The molecule has 4 aromatic rings. The van der Waals surface area contributed by atoms with Gasteiger partial charge in [-0.1, -0.05) is 59.9 Å². The van der Waals surface area contributed by atoms with Gasteiger partial charge in [-0.15, -0.1) is 0 Å². The molecule has 0 aliphatic rings. The second kappa shape index (κ2) is 8.01. The quantitative estimate of drug-likeness (QED) is 0.520. The summed E-state index contributed by atoms with van der Waals surface area (Å²) in [6.07, 6.45) is 0.230. The van der Waals surface area contributed by atoms with Crippen molar-refractivity contribution in [3.63, 3.8) is 0 Å². The molecule has 1 aromatic heterocycles. The second-order valence-corrected chi connectivity index (χ2v) is 8.12. The number of fused-ring (bicyclic) bond motifs is 2. The molecule has 0 saturated heterocycles. The van der Waals surface area contributed by atoms with Gasteiger partial charge in [0, 0.05) is 0 Å². The standard InChI is InChI=1S/C23H21N3O2S/c1-14-10-15(2)22-19(11-14)29-23(26-22)25-21(28)13-24-20(27)12-17-8-5-7-16-6-3-4-9-18(16)17/h3-11H,12-13H2,1-2H3,(H,24,27)(H,25,26,28). The van der Waals surface area contributed by atoms with Gasteiger partial charge in [-0.05, 0) is 47.4 Å². The molecule has 0 unspecified atom stereocenters. The van der Waals surface area contributed by atoms with Gasteiger partial charge in [0.15, 0.2) is 5.13 Å². The Morgan fingerprint density at radius 2 is 1.79 bits per heavy atom. The van der Waals surface area contributed by atoms with Crippen LogP contribution in [0.3, 0.4) is 0 Å². The predicted molar refractivity (Wildman–Crippen MR) is 118 cm³/mol. The fourth-order valence-electron chi connectivity index (χ4n) is 3.45. The van der Waals surface area contributed by atoms with Gasteiger partial charge in [0.05, 0.1) is 23.2 Å². The maximum absolute atomic E-state index is 12.3. The number of nitrogens with one attached hydrogen (secondary N) is 2. The summed E-state index contributed by atoms with van der Waals surface area (Å²) in [6.45, 7) is 3.96. The Morgan fingerprint density at radius 1 is 1.00 bits per heavy atom. The predicted octanol–water partition coefficient (Wildman–Crippen LogP) is 4.36. The lowest BCUT2D eigenvalue weighted by atomic mass is 10.0. The topological polar surface area (TPSA) is 71.1 Å². The zero-order valence-corrected chi connectivity index (χ0v) is 17.1. The highest BCUT2D eigenvalue weighted by Crippen LogP contribution is 2.29. The molecule has 0 spiro atoms. The SMILES string of the molecule is Cc1cc(C)c2nc(NC(=O)CNC(=O)Cc3cccc4ccccc34)sc2c1. The van der Waals surface area contributed by atoms with Crippen molar-refractivity contribution in [2.45, 2.75) is 20.3 Å². The summed E-state index contributed by atoms with van der Waals surface area (Å²) in [7, 11) is 0. The fourth-order valence-corrected chi connectivity index (χ4v) is 4.51. The first-order chi connectivity index (χ1) is 14.0. The Bertz CT molecular complexity index is 1220. The van der Waals surface area contributed by atoms with Gasteiger partial charge in [0.2, 0.25) is 11.8 Å².